The molecule has 1 N–H and O–H groups in total. The van der Waals surface area contributed by atoms with Gasteiger partial charge in [0.05, 0.1) is 27.7 Å². The SMILES string of the molecule is COc1cc(C)c(S(=O)(=O)Nc2ccc(Cl)c(Cl)c2)cc1C(C)C. The van der Waals surface area contributed by atoms with Gasteiger partial charge in [-0.05, 0) is 54.3 Å². The third kappa shape index (κ3) is 3.97. The number of benzene rings is 2. The fourth-order valence-corrected chi connectivity index (χ4v) is 3.97. The molecule has 0 radical (unpaired) electrons. The Bertz CT molecular complexity index is 864. The van der Waals surface area contributed by atoms with Gasteiger partial charge in [-0.2, -0.15) is 0 Å². The Balaban J connectivity index is 2.48. The zero-order valence-corrected chi connectivity index (χ0v) is 16.2. The number of anilines is 1. The van der Waals surface area contributed by atoms with Crippen molar-refractivity contribution in [2.24, 2.45) is 0 Å². The van der Waals surface area contributed by atoms with E-state index in [0.717, 1.165) is 5.56 Å². The van der Waals surface area contributed by atoms with E-state index in [0.29, 0.717) is 22.0 Å². The van der Waals surface area contributed by atoms with Gasteiger partial charge in [-0.15, -0.1) is 0 Å². The Morgan fingerprint density at radius 2 is 1.75 bits per heavy atom. The second-order valence-corrected chi connectivity index (χ2v) is 8.21. The molecule has 2 rings (SSSR count). The van der Waals surface area contributed by atoms with E-state index in [1.54, 1.807) is 38.3 Å². The predicted octanol–water partition coefficient (Wildman–Crippen LogP) is 5.23. The van der Waals surface area contributed by atoms with Crippen LogP contribution in [0.5, 0.6) is 5.75 Å². The van der Waals surface area contributed by atoms with Crippen LogP contribution in [0, 0.1) is 6.92 Å². The molecule has 0 fully saturated rings. The van der Waals surface area contributed by atoms with Gasteiger partial charge >= 0.3 is 0 Å². The number of hydrogen-bond donors (Lipinski definition) is 1. The fraction of sp³-hybridized carbons (Fsp3) is 0.294. The highest BCUT2D eigenvalue weighted by Gasteiger charge is 2.21. The van der Waals surface area contributed by atoms with Gasteiger partial charge in [0, 0.05) is 0 Å². The molecule has 7 heteroatoms. The van der Waals surface area contributed by atoms with Crippen LogP contribution in [0.15, 0.2) is 35.2 Å². The number of rotatable bonds is 5. The molecule has 130 valence electrons. The molecule has 0 aliphatic rings. The van der Waals surface area contributed by atoms with Crippen molar-refractivity contribution >= 4 is 38.9 Å². The van der Waals surface area contributed by atoms with Gasteiger partial charge in [0.1, 0.15) is 5.75 Å². The smallest absolute Gasteiger partial charge is 0.262 e. The van der Waals surface area contributed by atoms with Gasteiger partial charge < -0.3 is 4.74 Å². The lowest BCUT2D eigenvalue weighted by atomic mass is 10.0. The van der Waals surface area contributed by atoms with E-state index in [4.69, 9.17) is 27.9 Å². The maximum absolute atomic E-state index is 12.8. The maximum atomic E-state index is 12.8. The summed E-state index contributed by atoms with van der Waals surface area (Å²) >= 11 is 11.8. The van der Waals surface area contributed by atoms with Gasteiger partial charge in [-0.1, -0.05) is 37.0 Å². The highest BCUT2D eigenvalue weighted by atomic mass is 35.5. The first-order valence-corrected chi connectivity index (χ1v) is 9.56. The van der Waals surface area contributed by atoms with Crippen molar-refractivity contribution in [1.29, 1.82) is 0 Å². The number of ether oxygens (including phenoxy) is 1. The van der Waals surface area contributed by atoms with Crippen LogP contribution in [0.3, 0.4) is 0 Å². The largest absolute Gasteiger partial charge is 0.496 e. The maximum Gasteiger partial charge on any atom is 0.262 e. The molecule has 0 saturated heterocycles. The zero-order valence-electron chi connectivity index (χ0n) is 13.9. The van der Waals surface area contributed by atoms with E-state index < -0.39 is 10.0 Å². The van der Waals surface area contributed by atoms with Crippen LogP contribution in [-0.4, -0.2) is 15.5 Å². The summed E-state index contributed by atoms with van der Waals surface area (Å²) in [5.74, 6) is 0.801. The number of sulfonamides is 1. The van der Waals surface area contributed by atoms with Crippen LogP contribution in [-0.2, 0) is 10.0 Å². The zero-order chi connectivity index (χ0) is 18.1. The first-order chi connectivity index (χ1) is 11.2. The number of nitrogens with one attached hydrogen (secondary N) is 1. The molecule has 0 saturated carbocycles. The molecular formula is C17H19Cl2NO3S. The average molecular weight is 388 g/mol. The minimum Gasteiger partial charge on any atom is -0.496 e. The lowest BCUT2D eigenvalue weighted by Gasteiger charge is -2.17. The van der Waals surface area contributed by atoms with Crippen LogP contribution < -0.4 is 9.46 Å². The highest BCUT2D eigenvalue weighted by molar-refractivity contribution is 7.92. The topological polar surface area (TPSA) is 55.4 Å². The minimum absolute atomic E-state index is 0.125. The van der Waals surface area contributed by atoms with Crippen molar-refractivity contribution in [3.63, 3.8) is 0 Å². The minimum atomic E-state index is -3.76. The van der Waals surface area contributed by atoms with Gasteiger partial charge in [0.15, 0.2) is 0 Å². The molecule has 0 aliphatic carbocycles. The van der Waals surface area contributed by atoms with E-state index in [9.17, 15) is 8.42 Å². The summed E-state index contributed by atoms with van der Waals surface area (Å²) in [6, 6.07) is 7.97. The summed E-state index contributed by atoms with van der Waals surface area (Å²) < 4.78 is 33.4. The van der Waals surface area contributed by atoms with Crippen molar-refractivity contribution in [1.82, 2.24) is 0 Å². The molecule has 2 aromatic rings. The number of halogens is 2. The second kappa shape index (κ2) is 7.21. The van der Waals surface area contributed by atoms with E-state index in [1.165, 1.54) is 6.07 Å². The Morgan fingerprint density at radius 1 is 1.08 bits per heavy atom. The van der Waals surface area contributed by atoms with E-state index >= 15 is 0 Å². The van der Waals surface area contributed by atoms with Gasteiger partial charge in [-0.25, -0.2) is 8.42 Å². The lowest BCUT2D eigenvalue weighted by Crippen LogP contribution is -2.15. The van der Waals surface area contributed by atoms with Crippen LogP contribution in [0.1, 0.15) is 30.9 Å². The molecule has 0 unspecified atom stereocenters. The summed E-state index contributed by atoms with van der Waals surface area (Å²) in [6.07, 6.45) is 0. The van der Waals surface area contributed by atoms with Crippen molar-refractivity contribution in [2.75, 3.05) is 11.8 Å². The molecular weight excluding hydrogens is 369 g/mol. The summed E-state index contributed by atoms with van der Waals surface area (Å²) in [7, 11) is -2.19. The first-order valence-electron chi connectivity index (χ1n) is 7.32. The van der Waals surface area contributed by atoms with Crippen LogP contribution in [0.2, 0.25) is 10.0 Å². The summed E-state index contributed by atoms with van der Waals surface area (Å²) in [4.78, 5) is 0.207. The molecule has 0 bridgehead atoms. The van der Waals surface area contributed by atoms with Crippen LogP contribution in [0.25, 0.3) is 0 Å². The summed E-state index contributed by atoms with van der Waals surface area (Å²) in [5, 5.41) is 0.647. The molecule has 4 nitrogen and oxygen atoms in total. The average Bonchev–Trinajstić information content (AvgIpc) is 2.49. The summed E-state index contributed by atoms with van der Waals surface area (Å²) in [5.41, 5.74) is 1.78. The molecule has 0 atom stereocenters. The predicted molar refractivity (Wildman–Crippen MR) is 99.1 cm³/mol. The van der Waals surface area contributed by atoms with E-state index in [1.807, 2.05) is 13.8 Å². The molecule has 0 heterocycles. The monoisotopic (exact) mass is 387 g/mol. The lowest BCUT2D eigenvalue weighted by molar-refractivity contribution is 0.406. The standard InChI is InChI=1S/C17H19Cl2NO3S/c1-10(2)13-9-17(11(3)7-16(13)23-4)24(21,22)20-12-5-6-14(18)15(19)8-12/h5-10,20H,1-4H3. The number of hydrogen-bond acceptors (Lipinski definition) is 3. The molecule has 0 spiro atoms. The highest BCUT2D eigenvalue weighted by Crippen LogP contribution is 2.33. The van der Waals surface area contributed by atoms with Crippen molar-refractivity contribution in [3.8, 4) is 5.75 Å². The molecule has 0 aromatic heterocycles. The van der Waals surface area contributed by atoms with E-state index in [2.05, 4.69) is 4.72 Å². The Kier molecular flexibility index (Phi) is 5.68. The summed E-state index contributed by atoms with van der Waals surface area (Å²) in [6.45, 7) is 5.70. The number of methoxy groups -OCH3 is 1. The number of aryl methyl sites for hydroxylation is 1. The molecule has 0 aliphatic heterocycles. The quantitative estimate of drug-likeness (QED) is 0.763. The van der Waals surface area contributed by atoms with Gasteiger partial charge in [0.2, 0.25) is 0 Å². The third-order valence-corrected chi connectivity index (χ3v) is 5.87. The first kappa shape index (κ1) is 18.9. The van der Waals surface area contributed by atoms with Gasteiger partial charge in [-0.3, -0.25) is 4.72 Å². The molecule has 24 heavy (non-hydrogen) atoms. The Hall–Kier alpha value is -1.43. The van der Waals surface area contributed by atoms with Crippen LogP contribution in [0.4, 0.5) is 5.69 Å². The normalized spacial score (nSPS) is 11.6. The Labute approximate surface area is 152 Å². The Morgan fingerprint density at radius 3 is 2.29 bits per heavy atom. The second-order valence-electron chi connectivity index (χ2n) is 5.75. The molecule has 0 amide bonds. The van der Waals surface area contributed by atoms with Crippen molar-refractivity contribution in [3.05, 3.63) is 51.5 Å². The van der Waals surface area contributed by atoms with Crippen molar-refractivity contribution in [2.45, 2.75) is 31.6 Å². The van der Waals surface area contributed by atoms with Crippen molar-refractivity contribution < 1.29 is 13.2 Å². The fourth-order valence-electron chi connectivity index (χ4n) is 2.36. The van der Waals surface area contributed by atoms with E-state index in [-0.39, 0.29) is 15.8 Å². The molecule has 2 aromatic carbocycles. The third-order valence-electron chi connectivity index (χ3n) is 3.61. The van der Waals surface area contributed by atoms with Gasteiger partial charge in [0.25, 0.3) is 10.0 Å². The van der Waals surface area contributed by atoms with Crippen LogP contribution >= 0.6 is 23.2 Å².